The lowest BCUT2D eigenvalue weighted by Gasteiger charge is -2.35. The van der Waals surface area contributed by atoms with Crippen LogP contribution in [0.5, 0.6) is 0 Å². The number of thiazole rings is 2. The number of benzene rings is 3. The molecule has 0 bridgehead atoms. The van der Waals surface area contributed by atoms with Gasteiger partial charge in [0.1, 0.15) is 32.0 Å². The molecule has 44 heavy (non-hydrogen) atoms. The number of halogens is 1. The predicted octanol–water partition coefficient (Wildman–Crippen LogP) is 2.49. The third-order valence-corrected chi connectivity index (χ3v) is 11.2. The van der Waals surface area contributed by atoms with Crippen LogP contribution in [-0.4, -0.2) is 37.4 Å². The number of ether oxygens (including phenoxy) is 3. The Balaban J connectivity index is 0.00000384. The minimum atomic E-state index is -1.29. The van der Waals surface area contributed by atoms with E-state index in [-0.39, 0.29) is 24.5 Å². The van der Waals surface area contributed by atoms with E-state index < -0.39 is 5.97 Å². The zero-order chi connectivity index (χ0) is 30.1. The molecule has 7 nitrogen and oxygen atoms in total. The largest absolute Gasteiger partial charge is 1.00 e. The molecule has 0 atom stereocenters. The van der Waals surface area contributed by atoms with Crippen molar-refractivity contribution < 1.29 is 31.2 Å². The number of aromatic nitrogens is 2. The van der Waals surface area contributed by atoms with Gasteiger partial charge in [-0.15, -0.1) is 11.3 Å². The van der Waals surface area contributed by atoms with Crippen LogP contribution in [0.4, 0.5) is 5.69 Å². The van der Waals surface area contributed by atoms with Crippen molar-refractivity contribution in [1.82, 2.24) is 4.57 Å². The van der Waals surface area contributed by atoms with Crippen molar-refractivity contribution in [2.24, 2.45) is 0 Å². The predicted molar refractivity (Wildman–Crippen MR) is 178 cm³/mol. The fourth-order valence-corrected chi connectivity index (χ4v) is 9.46. The Hall–Kier alpha value is -2.70. The minimum absolute atomic E-state index is 0. The lowest BCUT2D eigenvalue weighted by molar-refractivity contribution is -0.665. The number of nitrogens with zero attached hydrogens (tertiary/aromatic N) is 3. The first-order valence-corrected chi connectivity index (χ1v) is 17.1. The van der Waals surface area contributed by atoms with Gasteiger partial charge in [0.2, 0.25) is 5.52 Å². The molecular formula is C33H36ClN3O4S3. The summed E-state index contributed by atoms with van der Waals surface area (Å²) in [5.41, 5.74) is 2.22. The molecule has 1 aliphatic rings. The first kappa shape index (κ1) is 32.7. The van der Waals surface area contributed by atoms with Gasteiger partial charge in [-0.05, 0) is 50.6 Å². The van der Waals surface area contributed by atoms with Crippen LogP contribution < -0.4 is 36.6 Å². The quantitative estimate of drug-likeness (QED) is 0.168. The van der Waals surface area contributed by atoms with Gasteiger partial charge < -0.3 is 31.5 Å². The molecule has 0 amide bonds. The lowest BCUT2D eigenvalue weighted by Crippen LogP contribution is -3.00. The smallest absolute Gasteiger partial charge is 0.301 e. The summed E-state index contributed by atoms with van der Waals surface area (Å²) in [4.78, 5) is 17.4. The molecule has 0 saturated carbocycles. The average Bonchev–Trinajstić information content (AvgIpc) is 3.67. The molecule has 0 spiro atoms. The highest BCUT2D eigenvalue weighted by molar-refractivity contribution is 8.09. The maximum Gasteiger partial charge on any atom is 0.301 e. The number of rotatable bonds is 10. The molecule has 0 unspecified atom stereocenters. The highest BCUT2D eigenvalue weighted by atomic mass is 35.5. The second-order valence-electron chi connectivity index (χ2n) is 10.00. The van der Waals surface area contributed by atoms with Gasteiger partial charge in [0.15, 0.2) is 0 Å². The lowest BCUT2D eigenvalue weighted by atomic mass is 10.1. The van der Waals surface area contributed by atoms with Crippen LogP contribution in [0.2, 0.25) is 0 Å². The van der Waals surface area contributed by atoms with Crippen LogP contribution in [0.25, 0.3) is 32.1 Å². The topological polar surface area (TPSA) is 56.8 Å². The third-order valence-electron chi connectivity index (χ3n) is 7.61. The third kappa shape index (κ3) is 5.73. The van der Waals surface area contributed by atoms with E-state index >= 15 is 0 Å². The van der Waals surface area contributed by atoms with E-state index in [0.717, 1.165) is 42.6 Å². The van der Waals surface area contributed by atoms with Gasteiger partial charge in [0.25, 0.3) is 10.6 Å². The van der Waals surface area contributed by atoms with Crippen LogP contribution in [0, 0.1) is 0 Å². The van der Waals surface area contributed by atoms with Crippen LogP contribution in [0.3, 0.4) is 0 Å². The van der Waals surface area contributed by atoms with E-state index in [4.69, 9.17) is 14.2 Å². The van der Waals surface area contributed by atoms with Crippen molar-refractivity contribution in [3.63, 3.8) is 0 Å². The molecule has 0 N–H and O–H groups in total. The molecule has 0 aliphatic carbocycles. The van der Waals surface area contributed by atoms with Crippen molar-refractivity contribution in [2.45, 2.75) is 51.7 Å². The summed E-state index contributed by atoms with van der Waals surface area (Å²) in [6.45, 7) is 10.6. The van der Waals surface area contributed by atoms with Gasteiger partial charge in [0, 0.05) is 37.8 Å². The molecule has 0 fully saturated rings. The fourth-order valence-electron chi connectivity index (χ4n) is 5.65. The van der Waals surface area contributed by atoms with Gasteiger partial charge >= 0.3 is 5.97 Å². The number of thioether (sulfide) groups is 1. The van der Waals surface area contributed by atoms with Gasteiger partial charge in [-0.3, -0.25) is 9.36 Å². The molecule has 2 aromatic heterocycles. The van der Waals surface area contributed by atoms with E-state index in [2.05, 4.69) is 83.1 Å². The Morgan fingerprint density at radius 1 is 0.932 bits per heavy atom. The summed E-state index contributed by atoms with van der Waals surface area (Å²) >= 11 is 4.92. The molecular weight excluding hydrogens is 634 g/mol. The average molecular weight is 670 g/mol. The van der Waals surface area contributed by atoms with Crippen molar-refractivity contribution in [3.05, 3.63) is 85.2 Å². The van der Waals surface area contributed by atoms with Gasteiger partial charge in [0.05, 0.1) is 11.8 Å². The molecule has 5 aromatic rings. The number of aryl methyl sites for hydroxylation is 1. The maximum absolute atomic E-state index is 14.2. The molecule has 232 valence electrons. The first-order valence-electron chi connectivity index (χ1n) is 14.6. The van der Waals surface area contributed by atoms with Gasteiger partial charge in [-0.25, -0.2) is 0 Å². The van der Waals surface area contributed by atoms with Crippen LogP contribution in [-0.2, 0) is 27.3 Å². The van der Waals surface area contributed by atoms with E-state index in [9.17, 15) is 4.79 Å². The highest BCUT2D eigenvalue weighted by Crippen LogP contribution is 2.50. The second kappa shape index (κ2) is 13.7. The van der Waals surface area contributed by atoms with Crippen molar-refractivity contribution in [3.8, 4) is 0 Å². The zero-order valence-corrected chi connectivity index (χ0v) is 28.7. The van der Waals surface area contributed by atoms with Crippen LogP contribution in [0.1, 0.15) is 32.7 Å². The molecule has 6 rings (SSSR count). The fraction of sp³-hybridized carbons (Fsp3) is 0.333. The SMILES string of the molecule is CCOC(CN1C(=c2sc(=Cc3sc4ccccc4[n+]3CC)n(CC)c2=O)Sc2c1ccc1ccccc21)(OC)OCC.[Cl-]. The van der Waals surface area contributed by atoms with E-state index in [1.165, 1.54) is 21.6 Å². The normalized spacial score (nSPS) is 14.9. The highest BCUT2D eigenvalue weighted by Gasteiger charge is 2.40. The molecule has 3 heterocycles. The van der Waals surface area contributed by atoms with E-state index in [0.29, 0.717) is 24.3 Å². The van der Waals surface area contributed by atoms with Crippen LogP contribution >= 0.6 is 34.4 Å². The Kier molecular flexibility index (Phi) is 10.2. The number of hydrogen-bond donors (Lipinski definition) is 0. The summed E-state index contributed by atoms with van der Waals surface area (Å²) in [5, 5.41) is 4.29. The van der Waals surface area contributed by atoms with Crippen molar-refractivity contribution in [1.29, 1.82) is 0 Å². The Morgan fingerprint density at radius 3 is 2.36 bits per heavy atom. The minimum Gasteiger partial charge on any atom is -1.00 e. The summed E-state index contributed by atoms with van der Waals surface area (Å²) in [6, 6.07) is 21.1. The number of anilines is 1. The summed E-state index contributed by atoms with van der Waals surface area (Å²) in [6.07, 6.45) is 2.17. The molecule has 0 saturated heterocycles. The molecule has 11 heteroatoms. The Labute approximate surface area is 275 Å². The van der Waals surface area contributed by atoms with Gasteiger partial charge in [-0.1, -0.05) is 65.6 Å². The first-order chi connectivity index (χ1) is 21.0. The Morgan fingerprint density at radius 2 is 1.66 bits per heavy atom. The number of fused-ring (bicyclic) bond motifs is 4. The van der Waals surface area contributed by atoms with E-state index in [1.54, 1.807) is 30.2 Å². The monoisotopic (exact) mass is 669 g/mol. The zero-order valence-electron chi connectivity index (χ0n) is 25.5. The van der Waals surface area contributed by atoms with Crippen molar-refractivity contribution in [2.75, 3.05) is 31.8 Å². The maximum atomic E-state index is 14.2. The van der Waals surface area contributed by atoms with Gasteiger partial charge in [-0.2, -0.15) is 4.57 Å². The van der Waals surface area contributed by atoms with Crippen molar-refractivity contribution >= 4 is 72.2 Å². The molecule has 0 radical (unpaired) electrons. The standard InChI is InChI=1S/C33H36N3O4S3.ClH/c1-6-34-24-16-12-13-17-26(24)41-27(34)20-28-35(7-2)31(37)30(42-28)32-36(21-33(38-5,39-8-3)40-9-4)25-19-18-22-14-10-11-15-23(22)29(25)43-32;/h10-20H,6-9,21H2,1-5H3;1H/q+1;/p-1. The summed E-state index contributed by atoms with van der Waals surface area (Å²) in [7, 11) is 1.60. The van der Waals surface area contributed by atoms with E-state index in [1.807, 2.05) is 25.3 Å². The second-order valence-corrected chi connectivity index (χ2v) is 13.1. The number of hydrogen-bond acceptors (Lipinski definition) is 8. The number of para-hydroxylation sites is 1. The Bertz CT molecular complexity index is 1980. The summed E-state index contributed by atoms with van der Waals surface area (Å²) in [5.74, 6) is -1.29. The summed E-state index contributed by atoms with van der Waals surface area (Å²) < 4.78 is 25.1. The molecule has 3 aromatic carbocycles. The number of methoxy groups -OCH3 is 1. The van der Waals surface area contributed by atoms with Crippen LogP contribution in [0.15, 0.2) is 70.4 Å². The molecule has 1 aliphatic heterocycles.